The van der Waals surface area contributed by atoms with Crippen LogP contribution in [0.3, 0.4) is 0 Å². The Hall–Kier alpha value is -0.570. The highest BCUT2D eigenvalue weighted by molar-refractivity contribution is 5.80. The van der Waals surface area contributed by atoms with Crippen LogP contribution in [0.15, 0.2) is 0 Å². The summed E-state index contributed by atoms with van der Waals surface area (Å²) in [5.41, 5.74) is 0. The first kappa shape index (κ1) is 9.97. The van der Waals surface area contributed by atoms with Gasteiger partial charge in [-0.25, -0.2) is 0 Å². The predicted molar refractivity (Wildman–Crippen MR) is 56.0 cm³/mol. The van der Waals surface area contributed by atoms with Gasteiger partial charge in [-0.3, -0.25) is 4.79 Å². The third kappa shape index (κ3) is 2.47. The number of hydrogen-bond acceptors (Lipinski definition) is 2. The van der Waals surface area contributed by atoms with Gasteiger partial charge in [0.1, 0.15) is 0 Å². The summed E-state index contributed by atoms with van der Waals surface area (Å²) in [6, 6.07) is 0.736. The van der Waals surface area contributed by atoms with E-state index in [2.05, 4.69) is 5.32 Å². The van der Waals surface area contributed by atoms with Gasteiger partial charge in [-0.2, -0.15) is 0 Å². The minimum absolute atomic E-state index is 0.367. The third-order valence-corrected chi connectivity index (χ3v) is 3.27. The van der Waals surface area contributed by atoms with Gasteiger partial charge in [-0.15, -0.1) is 0 Å². The second-order valence-electron chi connectivity index (χ2n) is 4.62. The second kappa shape index (κ2) is 4.30. The molecule has 14 heavy (non-hydrogen) atoms. The molecule has 1 saturated heterocycles. The molecule has 2 fully saturated rings. The molecule has 3 nitrogen and oxygen atoms in total. The van der Waals surface area contributed by atoms with Gasteiger partial charge < -0.3 is 10.2 Å². The largest absolute Gasteiger partial charge is 0.346 e. The maximum Gasteiger partial charge on any atom is 0.225 e. The van der Waals surface area contributed by atoms with E-state index in [0.717, 1.165) is 31.8 Å². The van der Waals surface area contributed by atoms with Gasteiger partial charge in [0.25, 0.3) is 0 Å². The molecule has 3 heteroatoms. The van der Waals surface area contributed by atoms with Crippen LogP contribution in [0, 0.1) is 5.92 Å². The van der Waals surface area contributed by atoms with Crippen LogP contribution in [0.1, 0.15) is 32.1 Å². The standard InChI is InChI=1S/C11H20N2O/c1-13(11(14)9-4-5-9)8-2-3-10-6-7-12-10/h9-10,12H,2-8H2,1H3. The number of amides is 1. The maximum atomic E-state index is 11.6. The smallest absolute Gasteiger partial charge is 0.225 e. The van der Waals surface area contributed by atoms with Crippen LogP contribution < -0.4 is 5.32 Å². The minimum Gasteiger partial charge on any atom is -0.346 e. The van der Waals surface area contributed by atoms with E-state index < -0.39 is 0 Å². The molecule has 1 aliphatic carbocycles. The average Bonchev–Trinajstić information content (AvgIpc) is 2.90. The molecule has 1 amide bonds. The lowest BCUT2D eigenvalue weighted by Crippen LogP contribution is -2.43. The number of hydrogen-bond donors (Lipinski definition) is 1. The Morgan fingerprint density at radius 2 is 2.14 bits per heavy atom. The van der Waals surface area contributed by atoms with E-state index in [0.29, 0.717) is 11.8 Å². The molecule has 1 heterocycles. The third-order valence-electron chi connectivity index (χ3n) is 3.27. The molecule has 1 N–H and O–H groups in total. The highest BCUT2D eigenvalue weighted by Crippen LogP contribution is 2.30. The number of carbonyl (C=O) groups excluding carboxylic acids is 1. The van der Waals surface area contributed by atoms with Crippen molar-refractivity contribution < 1.29 is 4.79 Å². The van der Waals surface area contributed by atoms with Crippen molar-refractivity contribution in [2.24, 2.45) is 5.92 Å². The van der Waals surface area contributed by atoms with E-state index in [1.807, 2.05) is 11.9 Å². The predicted octanol–water partition coefficient (Wildman–Crippen LogP) is 0.997. The van der Waals surface area contributed by atoms with E-state index in [4.69, 9.17) is 0 Å². The van der Waals surface area contributed by atoms with Gasteiger partial charge in [0.15, 0.2) is 0 Å². The van der Waals surface area contributed by atoms with Crippen molar-refractivity contribution in [1.82, 2.24) is 10.2 Å². The molecule has 2 rings (SSSR count). The number of rotatable bonds is 5. The molecule has 1 saturated carbocycles. The molecule has 2 aliphatic rings. The Kier molecular flexibility index (Phi) is 3.06. The van der Waals surface area contributed by atoms with Crippen LogP contribution in [0.2, 0.25) is 0 Å². The molecule has 1 atom stereocenters. The summed E-state index contributed by atoms with van der Waals surface area (Å²) < 4.78 is 0. The van der Waals surface area contributed by atoms with Gasteiger partial charge in [0.05, 0.1) is 0 Å². The molecule has 0 bridgehead atoms. The fraction of sp³-hybridized carbons (Fsp3) is 0.909. The summed E-state index contributed by atoms with van der Waals surface area (Å²) in [5, 5.41) is 3.38. The first-order valence-corrected chi connectivity index (χ1v) is 5.76. The Labute approximate surface area is 85.8 Å². The van der Waals surface area contributed by atoms with Crippen molar-refractivity contribution in [2.75, 3.05) is 20.1 Å². The van der Waals surface area contributed by atoms with Crippen molar-refractivity contribution >= 4 is 5.91 Å². The van der Waals surface area contributed by atoms with Gasteiger partial charge in [0.2, 0.25) is 5.91 Å². The molecule has 0 spiro atoms. The van der Waals surface area contributed by atoms with Crippen molar-refractivity contribution in [1.29, 1.82) is 0 Å². The van der Waals surface area contributed by atoms with Gasteiger partial charge >= 0.3 is 0 Å². The normalized spacial score (nSPS) is 25.6. The number of nitrogens with zero attached hydrogens (tertiary/aromatic N) is 1. The maximum absolute atomic E-state index is 11.6. The lowest BCUT2D eigenvalue weighted by Gasteiger charge is -2.28. The summed E-state index contributed by atoms with van der Waals surface area (Å²) in [5.74, 6) is 0.744. The molecular formula is C11H20N2O. The van der Waals surface area contributed by atoms with Gasteiger partial charge in [-0.1, -0.05) is 0 Å². The molecule has 0 aromatic heterocycles. The zero-order valence-electron chi connectivity index (χ0n) is 8.96. The SMILES string of the molecule is CN(CCCC1CCN1)C(=O)C1CC1. The molecule has 0 radical (unpaired) electrons. The molecule has 1 aliphatic heterocycles. The lowest BCUT2D eigenvalue weighted by atomic mass is 10.0. The summed E-state index contributed by atoms with van der Waals surface area (Å²) in [6.45, 7) is 2.12. The number of carbonyl (C=O) groups is 1. The van der Waals surface area contributed by atoms with Crippen molar-refractivity contribution in [3.8, 4) is 0 Å². The second-order valence-corrected chi connectivity index (χ2v) is 4.62. The Morgan fingerprint density at radius 1 is 1.43 bits per heavy atom. The van der Waals surface area contributed by atoms with Crippen LogP contribution in [0.25, 0.3) is 0 Å². The zero-order chi connectivity index (χ0) is 9.97. The van der Waals surface area contributed by atoms with Crippen LogP contribution >= 0.6 is 0 Å². The van der Waals surface area contributed by atoms with Crippen molar-refractivity contribution in [2.45, 2.75) is 38.1 Å². The zero-order valence-corrected chi connectivity index (χ0v) is 8.96. The van der Waals surface area contributed by atoms with E-state index in [9.17, 15) is 4.79 Å². The summed E-state index contributed by atoms with van der Waals surface area (Å²) in [6.07, 6.45) is 5.93. The summed E-state index contributed by atoms with van der Waals surface area (Å²) in [7, 11) is 1.94. The molecule has 1 unspecified atom stereocenters. The topological polar surface area (TPSA) is 32.3 Å². The molecule has 0 aromatic rings. The number of nitrogens with one attached hydrogen (secondary N) is 1. The summed E-state index contributed by atoms with van der Waals surface area (Å²) in [4.78, 5) is 13.5. The molecule has 80 valence electrons. The Balaban J connectivity index is 1.56. The van der Waals surface area contributed by atoms with Crippen LogP contribution in [0.4, 0.5) is 0 Å². The minimum atomic E-state index is 0.367. The van der Waals surface area contributed by atoms with E-state index in [1.54, 1.807) is 0 Å². The fourth-order valence-electron chi connectivity index (χ4n) is 1.92. The van der Waals surface area contributed by atoms with E-state index >= 15 is 0 Å². The monoisotopic (exact) mass is 196 g/mol. The quantitative estimate of drug-likeness (QED) is 0.711. The van der Waals surface area contributed by atoms with Gasteiger partial charge in [0, 0.05) is 25.6 Å². The fourth-order valence-corrected chi connectivity index (χ4v) is 1.92. The Morgan fingerprint density at radius 3 is 2.64 bits per heavy atom. The highest BCUT2D eigenvalue weighted by atomic mass is 16.2. The first-order valence-electron chi connectivity index (χ1n) is 5.76. The van der Waals surface area contributed by atoms with Crippen LogP contribution in [-0.2, 0) is 4.79 Å². The first-order chi connectivity index (χ1) is 6.77. The lowest BCUT2D eigenvalue weighted by molar-refractivity contribution is -0.131. The average molecular weight is 196 g/mol. The summed E-state index contributed by atoms with van der Waals surface area (Å²) >= 11 is 0. The van der Waals surface area contributed by atoms with E-state index in [-0.39, 0.29) is 0 Å². The van der Waals surface area contributed by atoms with Crippen LogP contribution in [-0.4, -0.2) is 37.0 Å². The van der Waals surface area contributed by atoms with Crippen molar-refractivity contribution in [3.05, 3.63) is 0 Å². The Bertz CT molecular complexity index is 209. The van der Waals surface area contributed by atoms with Crippen molar-refractivity contribution in [3.63, 3.8) is 0 Å². The molecular weight excluding hydrogens is 176 g/mol. The van der Waals surface area contributed by atoms with Crippen LogP contribution in [0.5, 0.6) is 0 Å². The van der Waals surface area contributed by atoms with Gasteiger partial charge in [-0.05, 0) is 38.6 Å². The van der Waals surface area contributed by atoms with E-state index in [1.165, 1.54) is 19.4 Å². The molecule has 0 aromatic carbocycles. The highest BCUT2D eigenvalue weighted by Gasteiger charge is 2.31.